The monoisotopic (exact) mass is 406 g/mol. The lowest BCUT2D eigenvalue weighted by Crippen LogP contribution is -2.46. The van der Waals surface area contributed by atoms with Gasteiger partial charge in [0.05, 0.1) is 5.92 Å². The summed E-state index contributed by atoms with van der Waals surface area (Å²) in [7, 11) is 0. The second kappa shape index (κ2) is 8.38. The summed E-state index contributed by atoms with van der Waals surface area (Å²) < 4.78 is 0. The first-order chi connectivity index (χ1) is 14.4. The Morgan fingerprint density at radius 3 is 2.80 bits per heavy atom. The zero-order valence-electron chi connectivity index (χ0n) is 18.0. The minimum atomic E-state index is -0.149. The molecule has 1 fully saturated rings. The number of aromatic amines is 2. The molecule has 0 aliphatic carbocycles. The first kappa shape index (κ1) is 20.3. The Morgan fingerprint density at radius 2 is 2.03 bits per heavy atom. The first-order valence-electron chi connectivity index (χ1n) is 10.7. The van der Waals surface area contributed by atoms with Gasteiger partial charge < -0.3 is 20.2 Å². The van der Waals surface area contributed by atoms with Gasteiger partial charge in [-0.1, -0.05) is 11.6 Å². The van der Waals surface area contributed by atoms with Crippen molar-refractivity contribution in [2.45, 2.75) is 40.0 Å². The number of piperidine rings is 1. The van der Waals surface area contributed by atoms with Crippen LogP contribution in [0.2, 0.25) is 0 Å². The van der Waals surface area contributed by atoms with Gasteiger partial charge in [-0.15, -0.1) is 0 Å². The molecule has 30 heavy (non-hydrogen) atoms. The summed E-state index contributed by atoms with van der Waals surface area (Å²) in [6.07, 6.45) is 4.48. The number of amides is 2. The Balaban J connectivity index is 1.33. The lowest BCUT2D eigenvalue weighted by Gasteiger charge is -2.32. The lowest BCUT2D eigenvalue weighted by atomic mass is 9.96. The van der Waals surface area contributed by atoms with Crippen molar-refractivity contribution >= 4 is 22.7 Å². The van der Waals surface area contributed by atoms with E-state index < -0.39 is 0 Å². The van der Waals surface area contributed by atoms with E-state index >= 15 is 0 Å². The Morgan fingerprint density at radius 1 is 1.20 bits per heavy atom. The van der Waals surface area contributed by atoms with Crippen molar-refractivity contribution < 1.29 is 9.59 Å². The molecule has 1 aliphatic rings. The number of hydrogen-bond acceptors (Lipinski definition) is 2. The minimum absolute atomic E-state index is 0.00716. The van der Waals surface area contributed by atoms with Crippen molar-refractivity contribution in [1.82, 2.24) is 20.2 Å². The van der Waals surface area contributed by atoms with Gasteiger partial charge in [0.15, 0.2) is 0 Å². The van der Waals surface area contributed by atoms with Gasteiger partial charge in [-0.3, -0.25) is 9.59 Å². The smallest absolute Gasteiger partial charge is 0.270 e. The molecule has 6 nitrogen and oxygen atoms in total. The molecule has 3 N–H and O–H groups in total. The van der Waals surface area contributed by atoms with E-state index in [-0.39, 0.29) is 17.7 Å². The fraction of sp³-hybridized carbons (Fsp3) is 0.417. The van der Waals surface area contributed by atoms with Crippen molar-refractivity contribution in [2.75, 3.05) is 19.6 Å². The lowest BCUT2D eigenvalue weighted by molar-refractivity contribution is -0.126. The summed E-state index contributed by atoms with van der Waals surface area (Å²) in [6, 6.07) is 8.34. The number of likely N-dealkylation sites (tertiary alicyclic amines) is 1. The van der Waals surface area contributed by atoms with Crippen molar-refractivity contribution in [1.29, 1.82) is 0 Å². The predicted octanol–water partition coefficient (Wildman–Crippen LogP) is 3.63. The molecule has 1 unspecified atom stereocenters. The highest BCUT2D eigenvalue weighted by Gasteiger charge is 2.29. The number of carbonyl (C=O) groups excluding carboxylic acids is 2. The van der Waals surface area contributed by atoms with E-state index in [1.54, 1.807) is 0 Å². The summed E-state index contributed by atoms with van der Waals surface area (Å²) in [5.41, 5.74) is 6.15. The molecule has 0 spiro atoms. The van der Waals surface area contributed by atoms with E-state index in [0.29, 0.717) is 25.3 Å². The Hall–Kier alpha value is -3.02. The molecule has 0 bridgehead atoms. The van der Waals surface area contributed by atoms with Crippen LogP contribution in [0.4, 0.5) is 0 Å². The van der Waals surface area contributed by atoms with Gasteiger partial charge in [0.2, 0.25) is 5.91 Å². The van der Waals surface area contributed by atoms with E-state index in [1.807, 2.05) is 31.0 Å². The second-order valence-corrected chi connectivity index (χ2v) is 8.50. The molecule has 1 atom stereocenters. The number of carbonyl (C=O) groups is 2. The fourth-order valence-corrected chi connectivity index (χ4v) is 4.45. The molecular weight excluding hydrogens is 376 g/mol. The number of H-pyrrole nitrogens is 2. The molecular formula is C24H30N4O2. The first-order valence-corrected chi connectivity index (χ1v) is 10.7. The van der Waals surface area contributed by atoms with Gasteiger partial charge in [0.1, 0.15) is 5.69 Å². The molecule has 0 saturated carbocycles. The summed E-state index contributed by atoms with van der Waals surface area (Å²) in [5, 5.41) is 4.30. The number of fused-ring (bicyclic) bond motifs is 1. The molecule has 0 radical (unpaired) electrons. The second-order valence-electron chi connectivity index (χ2n) is 8.50. The number of rotatable bonds is 5. The van der Waals surface area contributed by atoms with Crippen molar-refractivity contribution in [3.8, 4) is 0 Å². The molecule has 1 saturated heterocycles. The highest BCUT2D eigenvalue weighted by Crippen LogP contribution is 2.22. The third kappa shape index (κ3) is 4.13. The molecule has 158 valence electrons. The molecule has 2 aromatic heterocycles. The number of aromatic nitrogens is 2. The van der Waals surface area contributed by atoms with E-state index in [1.165, 1.54) is 16.5 Å². The third-order valence-corrected chi connectivity index (χ3v) is 6.06. The van der Waals surface area contributed by atoms with Crippen LogP contribution < -0.4 is 5.32 Å². The number of aryl methyl sites for hydroxylation is 3. The fourth-order valence-electron chi connectivity index (χ4n) is 4.45. The van der Waals surface area contributed by atoms with Crippen LogP contribution in [0.25, 0.3) is 10.9 Å². The molecule has 1 aliphatic heterocycles. The maximum absolute atomic E-state index is 12.9. The standard InChI is InChI=1S/C24H30N4O2/c1-15-6-7-21-20(11-15)18(13-26-21)8-9-25-23(29)19-5-4-10-28(14-19)24(30)22-16(2)12-17(3)27-22/h6-7,11-13,19,26-27H,4-5,8-10,14H2,1-3H3,(H,25,29). The van der Waals surface area contributed by atoms with Crippen molar-refractivity contribution in [2.24, 2.45) is 5.92 Å². The number of benzene rings is 1. The Kier molecular flexibility index (Phi) is 5.66. The van der Waals surface area contributed by atoms with E-state index in [0.717, 1.165) is 36.0 Å². The van der Waals surface area contributed by atoms with Crippen molar-refractivity contribution in [3.63, 3.8) is 0 Å². The summed E-state index contributed by atoms with van der Waals surface area (Å²) >= 11 is 0. The van der Waals surface area contributed by atoms with Gasteiger partial charge in [-0.05, 0) is 69.4 Å². The van der Waals surface area contributed by atoms with E-state index in [2.05, 4.69) is 40.4 Å². The Bertz CT molecular complexity index is 1080. The van der Waals surface area contributed by atoms with Crippen LogP contribution in [-0.4, -0.2) is 46.3 Å². The van der Waals surface area contributed by atoms with Crippen LogP contribution in [0.15, 0.2) is 30.5 Å². The van der Waals surface area contributed by atoms with Crippen LogP contribution in [-0.2, 0) is 11.2 Å². The topological polar surface area (TPSA) is 81.0 Å². The summed E-state index contributed by atoms with van der Waals surface area (Å²) in [4.78, 5) is 33.9. The van der Waals surface area contributed by atoms with Crippen LogP contribution in [0.3, 0.4) is 0 Å². The molecule has 3 aromatic rings. The largest absolute Gasteiger partial charge is 0.361 e. The molecule has 3 heterocycles. The molecule has 1 aromatic carbocycles. The number of nitrogens with zero attached hydrogens (tertiary/aromatic N) is 1. The normalized spacial score (nSPS) is 16.8. The maximum Gasteiger partial charge on any atom is 0.270 e. The van der Waals surface area contributed by atoms with Gasteiger partial charge in [0.25, 0.3) is 5.91 Å². The van der Waals surface area contributed by atoms with E-state index in [4.69, 9.17) is 0 Å². The number of nitrogens with one attached hydrogen (secondary N) is 3. The minimum Gasteiger partial charge on any atom is -0.361 e. The highest BCUT2D eigenvalue weighted by molar-refractivity contribution is 5.94. The SMILES string of the molecule is Cc1ccc2[nH]cc(CCNC(=O)C3CCCN(C(=O)c4[nH]c(C)cc4C)C3)c2c1. The highest BCUT2D eigenvalue weighted by atomic mass is 16.2. The summed E-state index contributed by atoms with van der Waals surface area (Å²) in [5.74, 6) is -0.112. The molecule has 2 amide bonds. The van der Waals surface area contributed by atoms with Crippen LogP contribution in [0.1, 0.15) is 45.7 Å². The predicted molar refractivity (Wildman–Crippen MR) is 119 cm³/mol. The maximum atomic E-state index is 12.9. The van der Waals surface area contributed by atoms with Crippen LogP contribution in [0.5, 0.6) is 0 Å². The van der Waals surface area contributed by atoms with Gasteiger partial charge in [0, 0.05) is 42.4 Å². The van der Waals surface area contributed by atoms with Gasteiger partial charge in [-0.25, -0.2) is 0 Å². The van der Waals surface area contributed by atoms with Gasteiger partial charge in [-0.2, -0.15) is 0 Å². The van der Waals surface area contributed by atoms with Crippen molar-refractivity contribution in [3.05, 3.63) is 58.5 Å². The van der Waals surface area contributed by atoms with Gasteiger partial charge >= 0.3 is 0 Å². The molecule has 4 rings (SSSR count). The van der Waals surface area contributed by atoms with Crippen LogP contribution in [0, 0.1) is 26.7 Å². The van der Waals surface area contributed by atoms with Crippen LogP contribution >= 0.6 is 0 Å². The Labute approximate surface area is 177 Å². The average molecular weight is 407 g/mol. The average Bonchev–Trinajstić information content (AvgIpc) is 3.29. The zero-order valence-corrected chi connectivity index (χ0v) is 18.0. The molecule has 6 heteroatoms. The zero-order chi connectivity index (χ0) is 21.3. The van der Waals surface area contributed by atoms with E-state index in [9.17, 15) is 9.59 Å². The number of hydrogen-bond donors (Lipinski definition) is 3. The summed E-state index contributed by atoms with van der Waals surface area (Å²) in [6.45, 7) is 7.76. The third-order valence-electron chi connectivity index (χ3n) is 6.06. The quantitative estimate of drug-likeness (QED) is 0.605.